The van der Waals surface area contributed by atoms with Gasteiger partial charge in [0.2, 0.25) is 0 Å². The largest absolute Gasteiger partial charge is 0.297 e. The summed E-state index contributed by atoms with van der Waals surface area (Å²) < 4.78 is 0. The normalized spacial score (nSPS) is 16.3. The van der Waals surface area contributed by atoms with E-state index in [2.05, 4.69) is 100 Å². The summed E-state index contributed by atoms with van der Waals surface area (Å²) in [4.78, 5) is 6.51. The minimum atomic E-state index is 0.344. The highest BCUT2D eigenvalue weighted by molar-refractivity contribution is 7.10. The smallest absolute Gasteiger partial charge is 0.0602 e. The molecule has 0 N–H and O–H groups in total. The lowest BCUT2D eigenvalue weighted by Crippen LogP contribution is -2.47. The van der Waals surface area contributed by atoms with Gasteiger partial charge < -0.3 is 0 Å². The standard InChI is InChI=1S/C24H26N2S/c1-3-9-21(10-4-1)24(22-11-5-2-6-12-22)26-18-16-25(17-19-26)15-7-13-23-14-8-20-27-23/h1-14,20,24H,15-19H2/b13-7+. The van der Waals surface area contributed by atoms with Gasteiger partial charge in [-0.15, -0.1) is 11.3 Å². The summed E-state index contributed by atoms with van der Waals surface area (Å²) in [7, 11) is 0. The average Bonchev–Trinajstić information content (AvgIpc) is 3.25. The Kier molecular flexibility index (Phi) is 6.15. The summed E-state index contributed by atoms with van der Waals surface area (Å²) >= 11 is 1.80. The molecule has 1 aromatic heterocycles. The monoisotopic (exact) mass is 374 g/mol. The third kappa shape index (κ3) is 4.75. The van der Waals surface area contributed by atoms with Crippen LogP contribution in [0.3, 0.4) is 0 Å². The number of benzene rings is 2. The van der Waals surface area contributed by atoms with Gasteiger partial charge in [-0.05, 0) is 28.6 Å². The van der Waals surface area contributed by atoms with E-state index in [1.807, 2.05) is 0 Å². The molecule has 0 bridgehead atoms. The summed E-state index contributed by atoms with van der Waals surface area (Å²) in [5.74, 6) is 0. The Morgan fingerprint density at radius 2 is 1.41 bits per heavy atom. The molecule has 0 aliphatic carbocycles. The van der Waals surface area contributed by atoms with Gasteiger partial charge in [-0.1, -0.05) is 72.8 Å². The van der Waals surface area contributed by atoms with Gasteiger partial charge in [0.1, 0.15) is 0 Å². The number of piperazine rings is 1. The van der Waals surface area contributed by atoms with Crippen LogP contribution < -0.4 is 0 Å². The molecule has 27 heavy (non-hydrogen) atoms. The summed E-state index contributed by atoms with van der Waals surface area (Å²) in [5, 5.41) is 2.13. The highest BCUT2D eigenvalue weighted by Gasteiger charge is 2.25. The molecule has 0 amide bonds. The van der Waals surface area contributed by atoms with Crippen LogP contribution in [0.15, 0.2) is 84.3 Å². The fourth-order valence-electron chi connectivity index (χ4n) is 3.79. The first-order valence-corrected chi connectivity index (χ1v) is 10.5. The first kappa shape index (κ1) is 18.2. The predicted molar refractivity (Wildman–Crippen MR) is 116 cm³/mol. The molecule has 0 saturated carbocycles. The first-order valence-electron chi connectivity index (χ1n) is 9.66. The second-order valence-corrected chi connectivity index (χ2v) is 7.96. The Balaban J connectivity index is 1.41. The molecule has 3 heteroatoms. The molecule has 1 aliphatic heterocycles. The van der Waals surface area contributed by atoms with E-state index in [9.17, 15) is 0 Å². The van der Waals surface area contributed by atoms with E-state index < -0.39 is 0 Å². The van der Waals surface area contributed by atoms with Crippen molar-refractivity contribution in [2.45, 2.75) is 6.04 Å². The lowest BCUT2D eigenvalue weighted by atomic mass is 9.96. The van der Waals surface area contributed by atoms with E-state index in [0.717, 1.165) is 32.7 Å². The van der Waals surface area contributed by atoms with Crippen molar-refractivity contribution in [1.82, 2.24) is 9.80 Å². The fourth-order valence-corrected chi connectivity index (χ4v) is 4.44. The van der Waals surface area contributed by atoms with Crippen LogP contribution in [-0.2, 0) is 0 Å². The van der Waals surface area contributed by atoms with Crippen molar-refractivity contribution in [2.24, 2.45) is 0 Å². The highest BCUT2D eigenvalue weighted by Crippen LogP contribution is 2.29. The number of rotatable bonds is 6. The summed E-state index contributed by atoms with van der Waals surface area (Å²) in [5.41, 5.74) is 2.77. The average molecular weight is 375 g/mol. The van der Waals surface area contributed by atoms with Crippen molar-refractivity contribution in [3.63, 3.8) is 0 Å². The lowest BCUT2D eigenvalue weighted by molar-refractivity contribution is 0.118. The first-order chi connectivity index (χ1) is 13.4. The molecule has 1 aliphatic rings. The zero-order chi connectivity index (χ0) is 18.3. The molecule has 1 fully saturated rings. The second-order valence-electron chi connectivity index (χ2n) is 6.98. The van der Waals surface area contributed by atoms with Crippen LogP contribution in [0.2, 0.25) is 0 Å². The van der Waals surface area contributed by atoms with Crippen LogP contribution in [0.1, 0.15) is 22.0 Å². The predicted octanol–water partition coefficient (Wildman–Crippen LogP) is 5.17. The van der Waals surface area contributed by atoms with Gasteiger partial charge >= 0.3 is 0 Å². The number of hydrogen-bond donors (Lipinski definition) is 0. The Labute approximate surface area is 166 Å². The molecule has 4 rings (SSSR count). The Morgan fingerprint density at radius 1 is 0.778 bits per heavy atom. The number of hydrogen-bond acceptors (Lipinski definition) is 3. The number of nitrogens with zero attached hydrogens (tertiary/aromatic N) is 2. The van der Waals surface area contributed by atoms with Crippen LogP contribution in [0.4, 0.5) is 0 Å². The molecule has 1 saturated heterocycles. The zero-order valence-electron chi connectivity index (χ0n) is 15.6. The van der Waals surface area contributed by atoms with E-state index in [0.29, 0.717) is 6.04 Å². The molecular formula is C24H26N2S. The Hall–Kier alpha value is -2.20. The van der Waals surface area contributed by atoms with Crippen LogP contribution in [-0.4, -0.2) is 42.5 Å². The fraction of sp³-hybridized carbons (Fsp3) is 0.250. The van der Waals surface area contributed by atoms with Crippen LogP contribution in [0, 0.1) is 0 Å². The summed E-state index contributed by atoms with van der Waals surface area (Å²) in [6.07, 6.45) is 4.54. The van der Waals surface area contributed by atoms with Crippen molar-refractivity contribution in [3.8, 4) is 0 Å². The van der Waals surface area contributed by atoms with Gasteiger partial charge in [0.05, 0.1) is 6.04 Å². The molecule has 0 atom stereocenters. The lowest BCUT2D eigenvalue weighted by Gasteiger charge is -2.39. The molecule has 0 unspecified atom stereocenters. The minimum Gasteiger partial charge on any atom is -0.297 e. The van der Waals surface area contributed by atoms with Crippen molar-refractivity contribution < 1.29 is 0 Å². The van der Waals surface area contributed by atoms with E-state index in [1.165, 1.54) is 16.0 Å². The van der Waals surface area contributed by atoms with E-state index in [1.54, 1.807) is 11.3 Å². The van der Waals surface area contributed by atoms with E-state index in [-0.39, 0.29) is 0 Å². The maximum absolute atomic E-state index is 2.63. The van der Waals surface area contributed by atoms with Crippen molar-refractivity contribution in [1.29, 1.82) is 0 Å². The quantitative estimate of drug-likeness (QED) is 0.587. The third-order valence-corrected chi connectivity index (χ3v) is 6.03. The molecule has 0 spiro atoms. The minimum absolute atomic E-state index is 0.344. The molecule has 2 nitrogen and oxygen atoms in total. The molecule has 0 radical (unpaired) electrons. The number of thiophene rings is 1. The molecular weight excluding hydrogens is 348 g/mol. The van der Waals surface area contributed by atoms with Gasteiger partial charge in [0.15, 0.2) is 0 Å². The van der Waals surface area contributed by atoms with Gasteiger partial charge in [-0.2, -0.15) is 0 Å². The maximum atomic E-state index is 2.63. The van der Waals surface area contributed by atoms with E-state index in [4.69, 9.17) is 0 Å². The van der Waals surface area contributed by atoms with E-state index >= 15 is 0 Å². The SMILES string of the molecule is C(=C\c1cccs1)/CN1CCN(C(c2ccccc2)c2ccccc2)CC1. The van der Waals surface area contributed by atoms with Gasteiger partial charge in [-0.25, -0.2) is 0 Å². The highest BCUT2D eigenvalue weighted by atomic mass is 32.1. The second kappa shape index (κ2) is 9.14. The maximum Gasteiger partial charge on any atom is 0.0602 e. The third-order valence-electron chi connectivity index (χ3n) is 5.19. The van der Waals surface area contributed by atoms with Gasteiger partial charge in [0, 0.05) is 37.6 Å². The Bertz CT molecular complexity index is 780. The van der Waals surface area contributed by atoms with Gasteiger partial charge in [0.25, 0.3) is 0 Å². The van der Waals surface area contributed by atoms with Crippen molar-refractivity contribution in [3.05, 3.63) is 100 Å². The zero-order valence-corrected chi connectivity index (χ0v) is 16.4. The molecule has 2 aromatic carbocycles. The van der Waals surface area contributed by atoms with Crippen LogP contribution in [0.5, 0.6) is 0 Å². The topological polar surface area (TPSA) is 6.48 Å². The van der Waals surface area contributed by atoms with Crippen LogP contribution >= 0.6 is 11.3 Å². The Morgan fingerprint density at radius 3 is 1.96 bits per heavy atom. The van der Waals surface area contributed by atoms with Crippen LogP contribution in [0.25, 0.3) is 6.08 Å². The molecule has 3 aromatic rings. The van der Waals surface area contributed by atoms with Gasteiger partial charge in [-0.3, -0.25) is 9.80 Å². The molecule has 2 heterocycles. The van der Waals surface area contributed by atoms with Crippen molar-refractivity contribution in [2.75, 3.05) is 32.7 Å². The molecule has 138 valence electrons. The summed E-state index contributed by atoms with van der Waals surface area (Å²) in [6, 6.07) is 26.5. The van der Waals surface area contributed by atoms with Crippen molar-refractivity contribution >= 4 is 17.4 Å². The summed E-state index contributed by atoms with van der Waals surface area (Å²) in [6.45, 7) is 5.46.